The first-order valence-corrected chi connectivity index (χ1v) is 12.2. The number of rotatable bonds is 12. The maximum atomic E-state index is 14.6. The number of benzene rings is 2. The number of aromatic nitrogens is 1. The molecule has 0 fully saturated rings. The Balaban J connectivity index is 2.04. The summed E-state index contributed by atoms with van der Waals surface area (Å²) in [5.41, 5.74) is 1.68. The number of carbonyl (C=O) groups excluding carboxylic acids is 1. The van der Waals surface area contributed by atoms with Crippen LogP contribution in [0.1, 0.15) is 30.7 Å². The number of alkyl halides is 3. The van der Waals surface area contributed by atoms with Gasteiger partial charge in [0.1, 0.15) is 12.4 Å². The number of aliphatic hydroxyl groups excluding tert-OH is 1. The van der Waals surface area contributed by atoms with Crippen LogP contribution >= 0.6 is 0 Å². The lowest BCUT2D eigenvalue weighted by Gasteiger charge is -2.35. The summed E-state index contributed by atoms with van der Waals surface area (Å²) in [5, 5.41) is 20.2. The zero-order valence-electron chi connectivity index (χ0n) is 22.2. The third-order valence-corrected chi connectivity index (χ3v) is 6.15. The summed E-state index contributed by atoms with van der Waals surface area (Å²) >= 11 is 0. The average molecular weight is 566 g/mol. The number of carbonyl (C=O) groups is 1. The van der Waals surface area contributed by atoms with Gasteiger partial charge in [0.15, 0.2) is 11.5 Å². The lowest BCUT2D eigenvalue weighted by molar-refractivity contribution is -0.272. The first-order valence-electron chi connectivity index (χ1n) is 12.2. The van der Waals surface area contributed by atoms with Crippen LogP contribution in [-0.2, 0) is 22.5 Å². The van der Waals surface area contributed by atoms with E-state index in [1.54, 1.807) is 13.8 Å². The van der Waals surface area contributed by atoms with Gasteiger partial charge in [-0.3, -0.25) is 4.79 Å². The van der Waals surface area contributed by atoms with Crippen LogP contribution in [0.2, 0.25) is 0 Å². The number of nitrogens with two attached hydrogens (primary N) is 1. The van der Waals surface area contributed by atoms with Crippen molar-refractivity contribution < 1.29 is 42.0 Å². The van der Waals surface area contributed by atoms with E-state index in [0.29, 0.717) is 16.9 Å². The molecule has 1 unspecified atom stereocenters. The Morgan fingerprint density at radius 3 is 2.27 bits per heavy atom. The highest BCUT2D eigenvalue weighted by Crippen LogP contribution is 2.41. The van der Waals surface area contributed by atoms with Crippen molar-refractivity contribution in [1.29, 1.82) is 0 Å². The number of ether oxygens (including phenoxy) is 2. The Hall–Kier alpha value is -3.74. The molecule has 1 aromatic heterocycles. The minimum Gasteiger partial charge on any atom is -0.493 e. The van der Waals surface area contributed by atoms with Crippen LogP contribution in [0.4, 0.5) is 17.6 Å². The molecule has 216 valence electrons. The van der Waals surface area contributed by atoms with Gasteiger partial charge in [-0.25, -0.2) is 9.37 Å². The monoisotopic (exact) mass is 565 g/mol. The molecule has 0 radical (unpaired) electrons. The van der Waals surface area contributed by atoms with Gasteiger partial charge in [-0.2, -0.15) is 13.2 Å². The normalized spacial score (nSPS) is 13.4. The van der Waals surface area contributed by atoms with Crippen LogP contribution in [0.25, 0.3) is 11.3 Å². The van der Waals surface area contributed by atoms with Gasteiger partial charge in [-0.15, -0.1) is 0 Å². The third-order valence-electron chi connectivity index (χ3n) is 6.15. The Morgan fingerprint density at radius 2 is 1.73 bits per heavy atom. The zero-order chi connectivity index (χ0) is 29.7. The summed E-state index contributed by atoms with van der Waals surface area (Å²) in [5.74, 6) is -0.00724. The number of aliphatic hydroxyl groups is 2. The van der Waals surface area contributed by atoms with Crippen LogP contribution in [0, 0.1) is 5.82 Å². The van der Waals surface area contributed by atoms with Gasteiger partial charge in [0.05, 0.1) is 31.6 Å². The molecule has 0 spiro atoms. The molecule has 0 saturated heterocycles. The highest BCUT2D eigenvalue weighted by atomic mass is 19.4. The molecule has 1 amide bonds. The number of hydrogen-bond donors (Lipinski definition) is 3. The molecule has 2 aromatic carbocycles. The minimum absolute atomic E-state index is 0.000361. The Kier molecular flexibility index (Phi) is 9.39. The summed E-state index contributed by atoms with van der Waals surface area (Å²) in [4.78, 5) is 16.8. The molecule has 40 heavy (non-hydrogen) atoms. The van der Waals surface area contributed by atoms with Crippen molar-refractivity contribution >= 4 is 6.41 Å². The standard InChI is InChI=1S/C28H31F4N3O5/c1-26(2,33)20-13-22(19-5-7-21(29)8-6-19)34-25(14-20)27(38,28(30,31)32)16-35(17-37)15-18-4-9-23(40-11-10-36)24(12-18)39-3/h4-9,12-14,17,36,38H,10-11,15-16,33H2,1-3H3. The number of hydrogen-bond acceptors (Lipinski definition) is 7. The molecule has 0 aliphatic carbocycles. The van der Waals surface area contributed by atoms with Gasteiger partial charge in [0, 0.05) is 17.6 Å². The molecule has 8 nitrogen and oxygen atoms in total. The van der Waals surface area contributed by atoms with Crippen LogP contribution in [0.3, 0.4) is 0 Å². The summed E-state index contributed by atoms with van der Waals surface area (Å²) in [6.07, 6.45) is -5.06. The summed E-state index contributed by atoms with van der Waals surface area (Å²) in [6.45, 7) is 1.42. The van der Waals surface area contributed by atoms with Gasteiger partial charge in [-0.1, -0.05) is 6.07 Å². The second-order valence-electron chi connectivity index (χ2n) is 9.78. The molecule has 4 N–H and O–H groups in total. The molecule has 1 heterocycles. The second kappa shape index (κ2) is 12.2. The number of methoxy groups -OCH3 is 1. The first-order chi connectivity index (χ1) is 18.7. The highest BCUT2D eigenvalue weighted by Gasteiger charge is 2.57. The van der Waals surface area contributed by atoms with Gasteiger partial charge >= 0.3 is 6.18 Å². The first kappa shape index (κ1) is 30.8. The molecular weight excluding hydrogens is 534 g/mol. The summed E-state index contributed by atoms with van der Waals surface area (Å²) < 4.78 is 67.8. The Morgan fingerprint density at radius 1 is 1.05 bits per heavy atom. The number of nitrogens with zero attached hydrogens (tertiary/aromatic N) is 2. The van der Waals surface area contributed by atoms with E-state index >= 15 is 0 Å². The maximum absolute atomic E-state index is 14.6. The highest BCUT2D eigenvalue weighted by molar-refractivity contribution is 5.61. The Labute approximate surface area is 229 Å². The molecule has 3 rings (SSSR count). The van der Waals surface area contributed by atoms with E-state index in [1.165, 1.54) is 43.5 Å². The number of halogens is 4. The zero-order valence-corrected chi connectivity index (χ0v) is 22.2. The van der Waals surface area contributed by atoms with Crippen molar-refractivity contribution in [2.24, 2.45) is 5.73 Å². The smallest absolute Gasteiger partial charge is 0.424 e. The van der Waals surface area contributed by atoms with Crippen LogP contribution < -0.4 is 15.2 Å². The van der Waals surface area contributed by atoms with Crippen molar-refractivity contribution in [1.82, 2.24) is 9.88 Å². The van der Waals surface area contributed by atoms with E-state index in [9.17, 15) is 27.5 Å². The van der Waals surface area contributed by atoms with Crippen molar-refractivity contribution in [2.75, 3.05) is 26.9 Å². The lowest BCUT2D eigenvalue weighted by Crippen LogP contribution is -2.51. The molecule has 0 aliphatic heterocycles. The summed E-state index contributed by atoms with van der Waals surface area (Å²) in [7, 11) is 1.36. The third kappa shape index (κ3) is 7.06. The molecule has 3 aromatic rings. The minimum atomic E-state index is -5.25. The van der Waals surface area contributed by atoms with E-state index in [4.69, 9.17) is 20.3 Å². The average Bonchev–Trinajstić information content (AvgIpc) is 2.90. The van der Waals surface area contributed by atoms with Crippen molar-refractivity contribution in [3.63, 3.8) is 0 Å². The number of amides is 1. The van der Waals surface area contributed by atoms with Crippen molar-refractivity contribution in [3.8, 4) is 22.8 Å². The van der Waals surface area contributed by atoms with E-state index in [2.05, 4.69) is 4.98 Å². The molecule has 0 aliphatic rings. The lowest BCUT2D eigenvalue weighted by atomic mass is 9.89. The molecule has 0 bridgehead atoms. The predicted molar refractivity (Wildman–Crippen MR) is 139 cm³/mol. The molecule has 0 saturated carbocycles. The van der Waals surface area contributed by atoms with Crippen LogP contribution in [0.15, 0.2) is 54.6 Å². The van der Waals surface area contributed by atoms with E-state index in [-0.39, 0.29) is 43.2 Å². The Bertz CT molecular complexity index is 1310. The molecular formula is C28H31F4N3O5. The van der Waals surface area contributed by atoms with Crippen molar-refractivity contribution in [2.45, 2.75) is 37.7 Å². The topological polar surface area (TPSA) is 118 Å². The van der Waals surface area contributed by atoms with Crippen molar-refractivity contribution in [3.05, 3.63) is 77.2 Å². The largest absolute Gasteiger partial charge is 0.493 e. The van der Waals surface area contributed by atoms with Crippen LogP contribution in [0.5, 0.6) is 11.5 Å². The van der Waals surface area contributed by atoms with E-state index < -0.39 is 35.4 Å². The summed E-state index contributed by atoms with van der Waals surface area (Å²) in [6, 6.07) is 12.0. The SMILES string of the molecule is COc1cc(CN(C=O)CC(O)(c2cc(C(C)(C)N)cc(-c3ccc(F)cc3)n2)C(F)(F)F)ccc1OCCO. The quantitative estimate of drug-likeness (QED) is 0.225. The fraction of sp³-hybridized carbons (Fsp3) is 0.357. The van der Waals surface area contributed by atoms with Crippen LogP contribution in [-0.4, -0.2) is 59.6 Å². The van der Waals surface area contributed by atoms with Gasteiger partial charge in [0.25, 0.3) is 0 Å². The molecule has 12 heteroatoms. The maximum Gasteiger partial charge on any atom is 0.424 e. The fourth-order valence-electron chi connectivity index (χ4n) is 3.94. The second-order valence-corrected chi connectivity index (χ2v) is 9.78. The molecule has 1 atom stereocenters. The van der Waals surface area contributed by atoms with E-state index in [0.717, 1.165) is 23.1 Å². The predicted octanol–water partition coefficient (Wildman–Crippen LogP) is 3.87. The van der Waals surface area contributed by atoms with Gasteiger partial charge in [0.2, 0.25) is 12.0 Å². The van der Waals surface area contributed by atoms with E-state index in [1.807, 2.05) is 0 Å². The fourth-order valence-corrected chi connectivity index (χ4v) is 3.94. The number of pyridine rings is 1. The van der Waals surface area contributed by atoms with Gasteiger partial charge in [-0.05, 0) is 73.5 Å². The van der Waals surface area contributed by atoms with Gasteiger partial charge < -0.3 is 30.3 Å².